The van der Waals surface area contributed by atoms with Crippen LogP contribution in [-0.4, -0.2) is 23.3 Å². The van der Waals surface area contributed by atoms with Gasteiger partial charge < -0.3 is 5.11 Å². The summed E-state index contributed by atoms with van der Waals surface area (Å²) in [6.45, 7) is 5.41. The standard InChI is InChI=1S/C15H22O3/c1-10-5-4-6-11(2)14(17)8-13(12(3)9-16)15(18)7-10/h5,11,16H,4,6-9H2,1-3H3/b10-5+,13-12+/t11-/m0/s1. The lowest BCUT2D eigenvalue weighted by molar-refractivity contribution is -0.123. The van der Waals surface area contributed by atoms with Gasteiger partial charge in [0.1, 0.15) is 5.78 Å². The molecule has 0 aromatic carbocycles. The van der Waals surface area contributed by atoms with Crippen LogP contribution in [0.1, 0.15) is 46.5 Å². The third kappa shape index (κ3) is 3.91. The first-order chi connectivity index (χ1) is 8.45. The number of rotatable bonds is 1. The van der Waals surface area contributed by atoms with Gasteiger partial charge in [-0.25, -0.2) is 0 Å². The topological polar surface area (TPSA) is 54.4 Å². The summed E-state index contributed by atoms with van der Waals surface area (Å²) in [6.07, 6.45) is 4.24. The smallest absolute Gasteiger partial charge is 0.163 e. The molecule has 0 saturated heterocycles. The third-order valence-corrected chi connectivity index (χ3v) is 3.52. The minimum atomic E-state index is -0.161. The Hall–Kier alpha value is -1.22. The normalized spacial score (nSPS) is 28.7. The summed E-state index contributed by atoms with van der Waals surface area (Å²) in [5, 5.41) is 9.17. The van der Waals surface area contributed by atoms with Crippen molar-refractivity contribution in [3.63, 3.8) is 0 Å². The lowest BCUT2D eigenvalue weighted by atomic mass is 9.88. The first-order valence-electron chi connectivity index (χ1n) is 6.46. The van der Waals surface area contributed by atoms with Crippen molar-refractivity contribution >= 4 is 11.6 Å². The van der Waals surface area contributed by atoms with Crippen molar-refractivity contribution in [3.05, 3.63) is 22.8 Å². The van der Waals surface area contributed by atoms with E-state index < -0.39 is 0 Å². The lowest BCUT2D eigenvalue weighted by Gasteiger charge is -2.15. The molecule has 0 amide bonds. The van der Waals surface area contributed by atoms with Crippen LogP contribution < -0.4 is 0 Å². The highest BCUT2D eigenvalue weighted by Crippen LogP contribution is 2.22. The van der Waals surface area contributed by atoms with Gasteiger partial charge in [-0.15, -0.1) is 0 Å². The van der Waals surface area contributed by atoms with E-state index in [4.69, 9.17) is 0 Å². The van der Waals surface area contributed by atoms with Gasteiger partial charge in [-0.2, -0.15) is 0 Å². The molecule has 0 fully saturated rings. The molecule has 0 bridgehead atoms. The van der Waals surface area contributed by atoms with E-state index in [0.717, 1.165) is 18.4 Å². The van der Waals surface area contributed by atoms with Crippen molar-refractivity contribution in [3.8, 4) is 0 Å². The Morgan fingerprint density at radius 1 is 1.39 bits per heavy atom. The van der Waals surface area contributed by atoms with Crippen molar-refractivity contribution in [1.29, 1.82) is 0 Å². The zero-order valence-electron chi connectivity index (χ0n) is 11.5. The number of hydrogen-bond acceptors (Lipinski definition) is 3. The second-order valence-electron chi connectivity index (χ2n) is 5.19. The molecule has 0 saturated carbocycles. The van der Waals surface area contributed by atoms with Crippen molar-refractivity contribution < 1.29 is 14.7 Å². The molecule has 0 aromatic rings. The van der Waals surface area contributed by atoms with Gasteiger partial charge in [0.2, 0.25) is 0 Å². The summed E-state index contributed by atoms with van der Waals surface area (Å²) >= 11 is 0. The molecule has 1 atom stereocenters. The van der Waals surface area contributed by atoms with Gasteiger partial charge in [0.25, 0.3) is 0 Å². The van der Waals surface area contributed by atoms with Crippen LogP contribution in [0, 0.1) is 5.92 Å². The summed E-state index contributed by atoms with van der Waals surface area (Å²) in [4.78, 5) is 24.1. The first-order valence-corrected chi connectivity index (χ1v) is 6.46. The van der Waals surface area contributed by atoms with E-state index in [1.54, 1.807) is 6.92 Å². The van der Waals surface area contributed by atoms with E-state index in [9.17, 15) is 14.7 Å². The molecule has 1 aliphatic rings. The van der Waals surface area contributed by atoms with Crippen LogP contribution in [0.3, 0.4) is 0 Å². The molecule has 1 rings (SSSR count). The summed E-state index contributed by atoms with van der Waals surface area (Å²) in [5.41, 5.74) is 2.17. The van der Waals surface area contributed by atoms with Gasteiger partial charge in [-0.1, -0.05) is 18.6 Å². The maximum Gasteiger partial charge on any atom is 0.163 e. The Bertz CT molecular complexity index is 402. The van der Waals surface area contributed by atoms with Crippen LogP contribution in [0.2, 0.25) is 0 Å². The van der Waals surface area contributed by atoms with Crippen LogP contribution in [0.25, 0.3) is 0 Å². The fourth-order valence-electron chi connectivity index (χ4n) is 2.10. The van der Waals surface area contributed by atoms with Gasteiger partial charge in [0.05, 0.1) is 6.61 Å². The van der Waals surface area contributed by atoms with E-state index in [2.05, 4.69) is 0 Å². The zero-order valence-corrected chi connectivity index (χ0v) is 11.5. The number of aliphatic hydroxyl groups excluding tert-OH is 1. The summed E-state index contributed by atoms with van der Waals surface area (Å²) in [5.74, 6) is 0.0401. The predicted molar refractivity (Wildman–Crippen MR) is 71.2 cm³/mol. The largest absolute Gasteiger partial charge is 0.392 e. The highest BCUT2D eigenvalue weighted by atomic mass is 16.3. The van der Waals surface area contributed by atoms with Gasteiger partial charge in [0.15, 0.2) is 5.78 Å². The summed E-state index contributed by atoms with van der Waals surface area (Å²) in [7, 11) is 0. The lowest BCUT2D eigenvalue weighted by Crippen LogP contribution is -2.18. The third-order valence-electron chi connectivity index (χ3n) is 3.52. The van der Waals surface area contributed by atoms with E-state index in [0.29, 0.717) is 17.6 Å². The Morgan fingerprint density at radius 3 is 2.67 bits per heavy atom. The van der Waals surface area contributed by atoms with Crippen LogP contribution in [0.5, 0.6) is 0 Å². The molecule has 0 radical (unpaired) electrons. The number of aliphatic hydroxyl groups is 1. The molecule has 0 heterocycles. The number of Topliss-reactive ketones (excluding diaryl/α,β-unsaturated/α-hetero) is 2. The Balaban J connectivity index is 3.08. The first kappa shape index (κ1) is 14.8. The van der Waals surface area contributed by atoms with E-state index in [1.807, 2.05) is 19.9 Å². The van der Waals surface area contributed by atoms with Crippen molar-refractivity contribution in [2.45, 2.75) is 46.5 Å². The van der Waals surface area contributed by atoms with Gasteiger partial charge in [0, 0.05) is 24.3 Å². The maximum absolute atomic E-state index is 12.1. The van der Waals surface area contributed by atoms with Crippen molar-refractivity contribution in [2.24, 2.45) is 5.92 Å². The fourth-order valence-corrected chi connectivity index (χ4v) is 2.10. The molecular weight excluding hydrogens is 228 g/mol. The molecule has 0 aliphatic heterocycles. The second-order valence-corrected chi connectivity index (χ2v) is 5.19. The average Bonchev–Trinajstić information content (AvgIpc) is 2.33. The van der Waals surface area contributed by atoms with Crippen LogP contribution >= 0.6 is 0 Å². The molecular formula is C15H22O3. The molecule has 0 unspecified atom stereocenters. The quantitative estimate of drug-likeness (QED) is 0.575. The molecule has 0 spiro atoms. The molecule has 18 heavy (non-hydrogen) atoms. The highest BCUT2D eigenvalue weighted by molar-refractivity contribution is 6.02. The Morgan fingerprint density at radius 2 is 2.06 bits per heavy atom. The highest BCUT2D eigenvalue weighted by Gasteiger charge is 2.21. The average molecular weight is 250 g/mol. The van der Waals surface area contributed by atoms with Gasteiger partial charge in [-0.3, -0.25) is 9.59 Å². The summed E-state index contributed by atoms with van der Waals surface area (Å²) in [6, 6.07) is 0. The minimum absolute atomic E-state index is 0.0264. The molecule has 1 N–H and O–H groups in total. The van der Waals surface area contributed by atoms with E-state index in [-0.39, 0.29) is 30.5 Å². The van der Waals surface area contributed by atoms with Crippen LogP contribution in [0.15, 0.2) is 22.8 Å². The van der Waals surface area contributed by atoms with Gasteiger partial charge in [-0.05, 0) is 32.3 Å². The monoisotopic (exact) mass is 250 g/mol. The molecule has 1 aliphatic carbocycles. The maximum atomic E-state index is 12.1. The number of ketones is 2. The van der Waals surface area contributed by atoms with Crippen molar-refractivity contribution in [1.82, 2.24) is 0 Å². The molecule has 100 valence electrons. The number of carbonyl (C=O) groups excluding carboxylic acids is 2. The van der Waals surface area contributed by atoms with Gasteiger partial charge >= 0.3 is 0 Å². The minimum Gasteiger partial charge on any atom is -0.392 e. The van der Waals surface area contributed by atoms with Crippen LogP contribution in [0.4, 0.5) is 0 Å². The number of hydrogen-bond donors (Lipinski definition) is 1. The van der Waals surface area contributed by atoms with E-state index in [1.165, 1.54) is 0 Å². The fraction of sp³-hybridized carbons (Fsp3) is 0.600. The number of carbonyl (C=O) groups is 2. The Labute approximate surface area is 109 Å². The second kappa shape index (κ2) is 6.64. The number of allylic oxidation sites excluding steroid dienone is 3. The molecule has 3 nitrogen and oxygen atoms in total. The SMILES string of the molecule is C/C1=C\CC[C@H](C)C(=O)C/C(=C(/C)CO)C(=O)C1. The molecule has 3 heteroatoms. The zero-order chi connectivity index (χ0) is 13.7. The molecule has 0 aromatic heterocycles. The summed E-state index contributed by atoms with van der Waals surface area (Å²) < 4.78 is 0. The van der Waals surface area contributed by atoms with Crippen LogP contribution in [-0.2, 0) is 9.59 Å². The predicted octanol–water partition coefficient (Wildman–Crippen LogP) is 2.59. The van der Waals surface area contributed by atoms with Crippen molar-refractivity contribution in [2.75, 3.05) is 6.61 Å². The Kier molecular flexibility index (Phi) is 5.48. The van der Waals surface area contributed by atoms with E-state index >= 15 is 0 Å².